The van der Waals surface area contributed by atoms with E-state index in [2.05, 4.69) is 20.2 Å². The number of rotatable bonds is 6. The predicted molar refractivity (Wildman–Crippen MR) is 130 cm³/mol. The topological polar surface area (TPSA) is 76.9 Å². The smallest absolute Gasteiger partial charge is 0.229 e. The molecule has 2 N–H and O–H groups in total. The van der Waals surface area contributed by atoms with Gasteiger partial charge in [0.2, 0.25) is 11.9 Å². The van der Waals surface area contributed by atoms with E-state index in [0.717, 1.165) is 42.8 Å². The van der Waals surface area contributed by atoms with Crippen LogP contribution in [0.25, 0.3) is 11.2 Å². The van der Waals surface area contributed by atoms with Crippen molar-refractivity contribution in [2.24, 2.45) is 0 Å². The van der Waals surface area contributed by atoms with Gasteiger partial charge in [0, 0.05) is 11.7 Å². The summed E-state index contributed by atoms with van der Waals surface area (Å²) in [7, 11) is 1.64. The minimum Gasteiger partial charge on any atom is -0.497 e. The lowest BCUT2D eigenvalue weighted by Crippen LogP contribution is -2.16. The molecule has 4 aromatic rings. The van der Waals surface area contributed by atoms with Crippen LogP contribution in [0, 0.1) is 5.82 Å². The van der Waals surface area contributed by atoms with Gasteiger partial charge >= 0.3 is 0 Å². The van der Waals surface area contributed by atoms with Crippen molar-refractivity contribution < 1.29 is 9.13 Å². The van der Waals surface area contributed by atoms with Crippen LogP contribution in [0.2, 0.25) is 0 Å². The van der Waals surface area contributed by atoms with E-state index < -0.39 is 0 Å². The molecular weight excluding hydrogens is 419 g/mol. The first-order valence-corrected chi connectivity index (χ1v) is 10.9. The standard InChI is InChI=1S/C24H25FN6O.CH4/c1-32-18-13-11-16(12-14-18)27-23-26-15-21-22(30-23)31(17-7-3-2-4-8-17)24(29-21)28-20-10-6-5-9-19(20)25;/h5-6,9-15,17H,2-4,7-8H2,1H3,(H,28,29)(H,26,27,30);1H4. The summed E-state index contributed by atoms with van der Waals surface area (Å²) < 4.78 is 21.6. The average Bonchev–Trinajstić information content (AvgIpc) is 3.19. The number of halogens is 1. The molecule has 2 aromatic heterocycles. The van der Waals surface area contributed by atoms with E-state index >= 15 is 0 Å². The summed E-state index contributed by atoms with van der Waals surface area (Å²) >= 11 is 0. The van der Waals surface area contributed by atoms with Gasteiger partial charge < -0.3 is 15.4 Å². The fourth-order valence-electron chi connectivity index (χ4n) is 4.21. The molecule has 0 spiro atoms. The van der Waals surface area contributed by atoms with E-state index in [-0.39, 0.29) is 19.3 Å². The molecule has 172 valence electrons. The Morgan fingerprint density at radius 2 is 1.73 bits per heavy atom. The van der Waals surface area contributed by atoms with Crippen molar-refractivity contribution in [3.05, 3.63) is 60.5 Å². The molecule has 0 bridgehead atoms. The van der Waals surface area contributed by atoms with E-state index in [1.54, 1.807) is 31.5 Å². The normalized spacial score (nSPS) is 14.0. The van der Waals surface area contributed by atoms with Crippen LogP contribution in [0.3, 0.4) is 0 Å². The zero-order chi connectivity index (χ0) is 21.9. The summed E-state index contributed by atoms with van der Waals surface area (Å²) in [6.07, 6.45) is 7.35. The monoisotopic (exact) mass is 448 g/mol. The van der Waals surface area contributed by atoms with Crippen molar-refractivity contribution in [1.29, 1.82) is 0 Å². The number of aromatic nitrogens is 4. The first-order chi connectivity index (χ1) is 15.7. The zero-order valence-electron chi connectivity index (χ0n) is 17.9. The van der Waals surface area contributed by atoms with E-state index in [4.69, 9.17) is 14.7 Å². The molecule has 2 aromatic carbocycles. The van der Waals surface area contributed by atoms with Crippen molar-refractivity contribution >= 4 is 34.4 Å². The van der Waals surface area contributed by atoms with Crippen LogP contribution in [-0.4, -0.2) is 26.6 Å². The lowest BCUT2D eigenvalue weighted by molar-refractivity contribution is 0.361. The number of imidazole rings is 1. The summed E-state index contributed by atoms with van der Waals surface area (Å²) in [5.74, 6) is 1.54. The van der Waals surface area contributed by atoms with Gasteiger partial charge in [0.25, 0.3) is 0 Å². The summed E-state index contributed by atoms with van der Waals surface area (Å²) in [6.45, 7) is 0. The summed E-state index contributed by atoms with van der Waals surface area (Å²) in [4.78, 5) is 13.9. The second-order valence-electron chi connectivity index (χ2n) is 7.96. The molecule has 0 unspecified atom stereocenters. The first kappa shape index (κ1) is 22.5. The average molecular weight is 449 g/mol. The van der Waals surface area contributed by atoms with Crippen LogP contribution >= 0.6 is 0 Å². The van der Waals surface area contributed by atoms with Gasteiger partial charge in [-0.15, -0.1) is 0 Å². The minimum absolute atomic E-state index is 0. The Bertz CT molecular complexity index is 1220. The van der Waals surface area contributed by atoms with Crippen LogP contribution < -0.4 is 15.4 Å². The number of hydrogen-bond acceptors (Lipinski definition) is 6. The molecule has 1 aliphatic carbocycles. The number of anilines is 4. The maximum atomic E-state index is 14.3. The van der Waals surface area contributed by atoms with E-state index in [9.17, 15) is 4.39 Å². The number of fused-ring (bicyclic) bond motifs is 1. The highest BCUT2D eigenvalue weighted by atomic mass is 19.1. The number of nitrogens with zero attached hydrogens (tertiary/aromatic N) is 4. The van der Waals surface area contributed by atoms with Crippen molar-refractivity contribution in [1.82, 2.24) is 19.5 Å². The molecule has 8 heteroatoms. The second kappa shape index (κ2) is 9.85. The fourth-order valence-corrected chi connectivity index (χ4v) is 4.21. The summed E-state index contributed by atoms with van der Waals surface area (Å²) in [5, 5.41) is 6.43. The Balaban J connectivity index is 0.00000259. The lowest BCUT2D eigenvalue weighted by Gasteiger charge is -2.25. The van der Waals surface area contributed by atoms with Gasteiger partial charge in [-0.3, -0.25) is 4.57 Å². The molecule has 0 saturated heterocycles. The molecule has 0 amide bonds. The SMILES string of the molecule is C.COc1ccc(Nc2ncc3nc(Nc4ccccc4F)n(C4CCCCC4)c3n2)cc1. The molecule has 1 fully saturated rings. The molecule has 0 radical (unpaired) electrons. The number of methoxy groups -OCH3 is 1. The molecule has 0 aliphatic heterocycles. The zero-order valence-corrected chi connectivity index (χ0v) is 17.9. The van der Waals surface area contributed by atoms with Crippen molar-refractivity contribution in [3.63, 3.8) is 0 Å². The number of para-hydroxylation sites is 1. The van der Waals surface area contributed by atoms with Crippen molar-refractivity contribution in [3.8, 4) is 5.75 Å². The highest BCUT2D eigenvalue weighted by Gasteiger charge is 2.23. The Hall–Kier alpha value is -3.68. The second-order valence-corrected chi connectivity index (χ2v) is 7.96. The number of ether oxygens (including phenoxy) is 1. The number of benzene rings is 2. The molecular formula is C25H29FN6O. The molecule has 0 atom stereocenters. The number of hydrogen-bond donors (Lipinski definition) is 2. The fraction of sp³-hybridized carbons (Fsp3) is 0.320. The van der Waals surface area contributed by atoms with Gasteiger partial charge in [0.1, 0.15) is 17.1 Å². The summed E-state index contributed by atoms with van der Waals surface area (Å²) in [5.41, 5.74) is 2.67. The van der Waals surface area contributed by atoms with Crippen molar-refractivity contribution in [2.45, 2.75) is 45.6 Å². The molecule has 7 nitrogen and oxygen atoms in total. The first-order valence-electron chi connectivity index (χ1n) is 10.9. The lowest BCUT2D eigenvalue weighted by atomic mass is 9.95. The molecule has 1 aliphatic rings. The van der Waals surface area contributed by atoms with E-state index in [1.165, 1.54) is 12.5 Å². The maximum Gasteiger partial charge on any atom is 0.229 e. The van der Waals surface area contributed by atoms with Crippen LogP contribution in [-0.2, 0) is 0 Å². The highest BCUT2D eigenvalue weighted by Crippen LogP contribution is 2.35. The largest absolute Gasteiger partial charge is 0.497 e. The molecule has 1 saturated carbocycles. The van der Waals surface area contributed by atoms with Crippen LogP contribution in [0.4, 0.5) is 27.7 Å². The van der Waals surface area contributed by atoms with Gasteiger partial charge in [-0.2, -0.15) is 4.98 Å². The van der Waals surface area contributed by atoms with Crippen LogP contribution in [0.1, 0.15) is 45.6 Å². The third-order valence-corrected chi connectivity index (χ3v) is 5.84. The van der Waals surface area contributed by atoms with Gasteiger partial charge in [-0.25, -0.2) is 14.4 Å². The predicted octanol–water partition coefficient (Wildman–Crippen LogP) is 6.60. The third kappa shape index (κ3) is 4.74. The quantitative estimate of drug-likeness (QED) is 0.346. The molecule has 33 heavy (non-hydrogen) atoms. The van der Waals surface area contributed by atoms with Crippen LogP contribution in [0.15, 0.2) is 54.7 Å². The Morgan fingerprint density at radius 3 is 2.45 bits per heavy atom. The van der Waals surface area contributed by atoms with Gasteiger partial charge in [0.15, 0.2) is 5.65 Å². The van der Waals surface area contributed by atoms with E-state index in [0.29, 0.717) is 23.1 Å². The molecule has 5 rings (SSSR count). The Labute approximate surface area is 193 Å². The van der Waals surface area contributed by atoms with Crippen LogP contribution in [0.5, 0.6) is 5.75 Å². The Kier molecular flexibility index (Phi) is 6.72. The van der Waals surface area contributed by atoms with Crippen molar-refractivity contribution in [2.75, 3.05) is 17.7 Å². The van der Waals surface area contributed by atoms with Gasteiger partial charge in [-0.1, -0.05) is 38.8 Å². The minimum atomic E-state index is -0.317. The number of nitrogens with one attached hydrogen (secondary N) is 2. The molecule has 2 heterocycles. The third-order valence-electron chi connectivity index (χ3n) is 5.84. The Morgan fingerprint density at radius 1 is 0.970 bits per heavy atom. The highest BCUT2D eigenvalue weighted by molar-refractivity contribution is 5.77. The van der Waals surface area contributed by atoms with Gasteiger partial charge in [0.05, 0.1) is 19.0 Å². The maximum absolute atomic E-state index is 14.3. The summed E-state index contributed by atoms with van der Waals surface area (Å²) in [6, 6.07) is 14.5. The van der Waals surface area contributed by atoms with Gasteiger partial charge in [-0.05, 0) is 49.2 Å². The van der Waals surface area contributed by atoms with E-state index in [1.807, 2.05) is 24.3 Å².